The van der Waals surface area contributed by atoms with Crippen molar-refractivity contribution in [3.63, 3.8) is 0 Å². The molecule has 35 heavy (non-hydrogen) atoms. The number of hydrazine groups is 1. The third-order valence-corrected chi connectivity index (χ3v) is 8.03. The van der Waals surface area contributed by atoms with Crippen molar-refractivity contribution in [1.29, 1.82) is 0 Å². The molecule has 1 amide bonds. The van der Waals surface area contributed by atoms with Crippen LogP contribution in [0.25, 0.3) is 11.3 Å². The number of carbonyl (C=O) groups is 1. The van der Waals surface area contributed by atoms with Crippen LogP contribution in [0, 0.1) is 0 Å². The maximum absolute atomic E-state index is 13.0. The topological polar surface area (TPSA) is 59.8 Å². The van der Waals surface area contributed by atoms with E-state index in [9.17, 15) is 4.79 Å². The van der Waals surface area contributed by atoms with E-state index in [1.54, 1.807) is 5.01 Å². The van der Waals surface area contributed by atoms with Gasteiger partial charge in [0.1, 0.15) is 13.3 Å². The Labute approximate surface area is 216 Å². The fourth-order valence-electron chi connectivity index (χ4n) is 3.81. The first-order valence-corrected chi connectivity index (χ1v) is 16.5. The van der Waals surface area contributed by atoms with Crippen molar-refractivity contribution < 1.29 is 14.3 Å². The number of imidazole rings is 1. The van der Waals surface area contributed by atoms with Crippen molar-refractivity contribution in [2.24, 2.45) is 0 Å². The lowest BCUT2D eigenvalue weighted by Gasteiger charge is -2.28. The molecule has 0 aliphatic carbocycles. The van der Waals surface area contributed by atoms with Gasteiger partial charge in [0.15, 0.2) is 0 Å². The molecular formula is C26H33BrN4O3Si. The second-order valence-corrected chi connectivity index (χ2v) is 16.4. The zero-order valence-electron chi connectivity index (χ0n) is 20.6. The summed E-state index contributed by atoms with van der Waals surface area (Å²) in [5, 5.41) is 3.56. The van der Waals surface area contributed by atoms with Crippen LogP contribution in [-0.4, -0.2) is 48.4 Å². The number of halogens is 1. The molecule has 1 fully saturated rings. The Morgan fingerprint density at radius 3 is 2.51 bits per heavy atom. The fraction of sp³-hybridized carbons (Fsp3) is 0.385. The molecule has 0 spiro atoms. The lowest BCUT2D eigenvalue weighted by atomic mass is 10.2. The van der Waals surface area contributed by atoms with Crippen LogP contribution < -0.4 is 5.01 Å². The smallest absolute Gasteiger partial charge is 0.429 e. The monoisotopic (exact) mass is 556 g/mol. The minimum Gasteiger partial charge on any atom is -0.443 e. The van der Waals surface area contributed by atoms with Crippen LogP contribution in [0.2, 0.25) is 25.7 Å². The molecule has 4 rings (SSSR count). The van der Waals surface area contributed by atoms with Gasteiger partial charge in [-0.1, -0.05) is 78.0 Å². The SMILES string of the molecule is C[Si](C)(C)CCOCn1cc(-c2ccc(Br)cc2)nc1N1CCCN1C(=O)OCc1ccccc1. The summed E-state index contributed by atoms with van der Waals surface area (Å²) in [6.45, 7) is 9.63. The molecule has 2 heterocycles. The number of ether oxygens (including phenoxy) is 2. The molecule has 0 atom stereocenters. The molecule has 1 aliphatic heterocycles. The average Bonchev–Trinajstić information content (AvgIpc) is 3.48. The van der Waals surface area contributed by atoms with Gasteiger partial charge in [-0.2, -0.15) is 0 Å². The van der Waals surface area contributed by atoms with Gasteiger partial charge < -0.3 is 9.47 Å². The quantitative estimate of drug-likeness (QED) is 0.226. The minimum atomic E-state index is -1.18. The van der Waals surface area contributed by atoms with E-state index in [2.05, 4.69) is 35.6 Å². The highest BCUT2D eigenvalue weighted by molar-refractivity contribution is 9.10. The lowest BCUT2D eigenvalue weighted by Crippen LogP contribution is -2.43. The largest absolute Gasteiger partial charge is 0.443 e. The van der Waals surface area contributed by atoms with E-state index < -0.39 is 8.07 Å². The Kier molecular flexibility index (Phi) is 8.30. The molecule has 1 aromatic heterocycles. The summed E-state index contributed by atoms with van der Waals surface area (Å²) in [6, 6.07) is 18.9. The zero-order chi connectivity index (χ0) is 24.8. The number of rotatable bonds is 9. The Hall–Kier alpha value is -2.62. The summed E-state index contributed by atoms with van der Waals surface area (Å²) in [7, 11) is -1.18. The molecule has 186 valence electrons. The molecular weight excluding hydrogens is 524 g/mol. The fourth-order valence-corrected chi connectivity index (χ4v) is 4.83. The van der Waals surface area contributed by atoms with Gasteiger partial charge in [0, 0.05) is 44.0 Å². The summed E-state index contributed by atoms with van der Waals surface area (Å²) in [5.41, 5.74) is 2.81. The summed E-state index contributed by atoms with van der Waals surface area (Å²) >= 11 is 3.50. The molecule has 0 unspecified atom stereocenters. The van der Waals surface area contributed by atoms with Gasteiger partial charge in [-0.3, -0.25) is 4.57 Å². The van der Waals surface area contributed by atoms with Crippen LogP contribution in [-0.2, 0) is 22.8 Å². The first-order valence-electron chi connectivity index (χ1n) is 12.0. The molecule has 1 aliphatic rings. The second kappa shape index (κ2) is 11.4. The van der Waals surface area contributed by atoms with E-state index >= 15 is 0 Å². The van der Waals surface area contributed by atoms with Crippen LogP contribution in [0.15, 0.2) is 65.3 Å². The number of amides is 1. The van der Waals surface area contributed by atoms with Crippen molar-refractivity contribution in [3.05, 3.63) is 70.8 Å². The number of hydrogen-bond acceptors (Lipinski definition) is 5. The molecule has 2 aromatic carbocycles. The molecule has 3 aromatic rings. The van der Waals surface area contributed by atoms with E-state index in [1.165, 1.54) is 0 Å². The van der Waals surface area contributed by atoms with E-state index in [4.69, 9.17) is 14.5 Å². The number of hydrogen-bond donors (Lipinski definition) is 0. The summed E-state index contributed by atoms with van der Waals surface area (Å²) in [5.74, 6) is 0.685. The van der Waals surface area contributed by atoms with Crippen molar-refractivity contribution in [3.8, 4) is 11.3 Å². The highest BCUT2D eigenvalue weighted by Crippen LogP contribution is 2.28. The van der Waals surface area contributed by atoms with Crippen LogP contribution >= 0.6 is 15.9 Å². The Balaban J connectivity index is 1.53. The van der Waals surface area contributed by atoms with Crippen molar-refractivity contribution in [1.82, 2.24) is 14.6 Å². The molecule has 0 saturated carbocycles. The third-order valence-electron chi connectivity index (χ3n) is 5.80. The molecule has 0 N–H and O–H groups in total. The van der Waals surface area contributed by atoms with Crippen molar-refractivity contribution >= 4 is 36.0 Å². The van der Waals surface area contributed by atoms with Gasteiger partial charge in [0.25, 0.3) is 0 Å². The maximum atomic E-state index is 13.0. The van der Waals surface area contributed by atoms with Crippen LogP contribution in [0.5, 0.6) is 0 Å². The standard InChI is InChI=1S/C26H33BrN4O3Si/c1-35(2,3)17-16-33-20-29-18-24(22-10-12-23(27)13-11-22)28-25(29)30-14-7-15-31(30)26(32)34-19-21-8-5-4-6-9-21/h4-6,8-13,18H,7,14-17,19-20H2,1-3H3. The van der Waals surface area contributed by atoms with Gasteiger partial charge in [0.2, 0.25) is 5.95 Å². The highest BCUT2D eigenvalue weighted by atomic mass is 79.9. The molecule has 7 nitrogen and oxygen atoms in total. The number of aromatic nitrogens is 2. The van der Waals surface area contributed by atoms with Gasteiger partial charge in [-0.15, -0.1) is 0 Å². The number of benzene rings is 2. The predicted molar refractivity (Wildman–Crippen MR) is 145 cm³/mol. The maximum Gasteiger partial charge on any atom is 0.429 e. The summed E-state index contributed by atoms with van der Waals surface area (Å²) < 4.78 is 14.7. The molecule has 0 bridgehead atoms. The van der Waals surface area contributed by atoms with Crippen LogP contribution in [0.4, 0.5) is 10.7 Å². The third kappa shape index (κ3) is 6.96. The Morgan fingerprint density at radius 2 is 1.80 bits per heavy atom. The first-order chi connectivity index (χ1) is 16.8. The van der Waals surface area contributed by atoms with Gasteiger partial charge in [-0.25, -0.2) is 19.8 Å². The van der Waals surface area contributed by atoms with E-state index in [0.29, 0.717) is 32.4 Å². The van der Waals surface area contributed by atoms with Crippen LogP contribution in [0.3, 0.4) is 0 Å². The Bertz CT molecular complexity index is 1120. The average molecular weight is 558 g/mol. The van der Waals surface area contributed by atoms with Gasteiger partial charge in [-0.05, 0) is 30.2 Å². The number of anilines is 1. The highest BCUT2D eigenvalue weighted by Gasteiger charge is 2.32. The first kappa shape index (κ1) is 25.5. The normalized spacial score (nSPS) is 13.9. The molecule has 0 radical (unpaired) electrons. The van der Waals surface area contributed by atoms with Crippen molar-refractivity contribution in [2.75, 3.05) is 24.7 Å². The van der Waals surface area contributed by atoms with E-state index in [0.717, 1.165) is 33.8 Å². The summed E-state index contributed by atoms with van der Waals surface area (Å²) in [4.78, 5) is 17.9. The van der Waals surface area contributed by atoms with Gasteiger partial charge >= 0.3 is 6.09 Å². The zero-order valence-corrected chi connectivity index (χ0v) is 23.2. The lowest BCUT2D eigenvalue weighted by molar-refractivity contribution is 0.0837. The van der Waals surface area contributed by atoms with E-state index in [-0.39, 0.29) is 12.7 Å². The molecule has 9 heteroatoms. The van der Waals surface area contributed by atoms with Crippen molar-refractivity contribution in [2.45, 2.75) is 45.4 Å². The van der Waals surface area contributed by atoms with E-state index in [1.807, 2.05) is 70.4 Å². The summed E-state index contributed by atoms with van der Waals surface area (Å²) in [6.07, 6.45) is 2.47. The number of nitrogens with zero attached hydrogens (tertiary/aromatic N) is 4. The van der Waals surface area contributed by atoms with Gasteiger partial charge in [0.05, 0.1) is 5.69 Å². The Morgan fingerprint density at radius 1 is 1.06 bits per heavy atom. The molecule has 1 saturated heterocycles. The predicted octanol–water partition coefficient (Wildman–Crippen LogP) is 6.39. The minimum absolute atomic E-state index is 0.238. The second-order valence-electron chi connectivity index (χ2n) is 9.89. The van der Waals surface area contributed by atoms with Crippen LogP contribution in [0.1, 0.15) is 12.0 Å². The number of carbonyl (C=O) groups excluding carboxylic acids is 1.